The van der Waals surface area contributed by atoms with Crippen LogP contribution in [-0.4, -0.2) is 12.4 Å². The maximum atomic E-state index is 15.0. The minimum absolute atomic E-state index is 0.00375. The Bertz CT molecular complexity index is 1910. The van der Waals surface area contributed by atoms with Crippen LogP contribution in [-0.2, 0) is 15.9 Å². The first-order valence-corrected chi connectivity index (χ1v) is 16.9. The summed E-state index contributed by atoms with van der Waals surface area (Å²) in [6.07, 6.45) is -10.1. The van der Waals surface area contributed by atoms with Gasteiger partial charge in [0.2, 0.25) is 5.41 Å². The van der Waals surface area contributed by atoms with Gasteiger partial charge >= 0.3 is 12.4 Å². The molecule has 0 radical (unpaired) electrons. The van der Waals surface area contributed by atoms with Crippen molar-refractivity contribution in [3.63, 3.8) is 0 Å². The van der Waals surface area contributed by atoms with Crippen LogP contribution >= 0.6 is 23.2 Å². The van der Waals surface area contributed by atoms with Gasteiger partial charge in [-0.3, -0.25) is 0 Å². The molecule has 0 bridgehead atoms. The molecule has 0 atom stereocenters. The zero-order valence-electron chi connectivity index (χ0n) is 28.1. The number of benzene rings is 4. The van der Waals surface area contributed by atoms with Crippen LogP contribution < -0.4 is 9.47 Å². The first-order valence-electron chi connectivity index (χ1n) is 16.1. The highest BCUT2D eigenvalue weighted by Crippen LogP contribution is 2.56. The Morgan fingerprint density at radius 3 is 1.53 bits per heavy atom. The van der Waals surface area contributed by atoms with Gasteiger partial charge in [-0.15, -0.1) is 11.6 Å². The molecule has 12 heteroatoms. The van der Waals surface area contributed by atoms with Gasteiger partial charge in [0.05, 0.1) is 21.0 Å². The van der Waals surface area contributed by atoms with Crippen LogP contribution in [0.1, 0.15) is 86.8 Å². The second kappa shape index (κ2) is 15.1. The summed E-state index contributed by atoms with van der Waals surface area (Å²) in [6, 6.07) is 20.7. The molecule has 4 nitrogen and oxygen atoms in total. The smallest absolute Gasteiger partial charge is 0.411 e. The Labute approximate surface area is 303 Å². The molecule has 0 aliphatic heterocycles. The Morgan fingerprint density at radius 2 is 1.08 bits per heavy atom. The van der Waals surface area contributed by atoms with Gasteiger partial charge in [0.1, 0.15) is 35.0 Å². The van der Waals surface area contributed by atoms with E-state index in [9.17, 15) is 36.9 Å². The van der Waals surface area contributed by atoms with Crippen molar-refractivity contribution in [2.75, 3.05) is 0 Å². The monoisotopic (exact) mass is 746 g/mol. The van der Waals surface area contributed by atoms with E-state index in [0.717, 1.165) is 36.4 Å². The number of halogens is 8. The van der Waals surface area contributed by atoms with E-state index in [1.165, 1.54) is 12.1 Å². The van der Waals surface area contributed by atoms with E-state index >= 15 is 0 Å². The molecule has 51 heavy (non-hydrogen) atoms. The molecule has 268 valence electrons. The number of hydrogen-bond donors (Lipinski definition) is 0. The molecule has 0 aliphatic carbocycles. The fourth-order valence-electron chi connectivity index (χ4n) is 6.46. The minimum Gasteiger partial charge on any atom is -0.483 e. The maximum Gasteiger partial charge on any atom is 0.411 e. The highest BCUT2D eigenvalue weighted by atomic mass is 35.5. The standard InChI is InChI=1S/C39H34Cl2F6N2O2/c1-5-35(41,6-2)31-11-10-14-34(30(31)24-49)50-27-19-15-25(16-20-27)37(38(42,43)44,39(45,46)47)26-17-21-28(22-18-26)51-36(7-3,8-4)32-12-9-13-33(40)29(32)23-48/h9-22H,5-8H2,1-4H3. The van der Waals surface area contributed by atoms with E-state index in [2.05, 4.69) is 6.07 Å². The normalized spacial score (nSPS) is 12.6. The van der Waals surface area contributed by atoms with Gasteiger partial charge < -0.3 is 9.47 Å². The average Bonchev–Trinajstić information content (AvgIpc) is 3.10. The summed E-state index contributed by atoms with van der Waals surface area (Å²) in [5, 5.41) is 19.9. The number of nitriles is 2. The molecule has 0 unspecified atom stereocenters. The molecular weight excluding hydrogens is 713 g/mol. The fourth-order valence-corrected chi connectivity index (χ4v) is 6.84. The van der Waals surface area contributed by atoms with E-state index in [-0.39, 0.29) is 33.4 Å². The van der Waals surface area contributed by atoms with Crippen molar-refractivity contribution in [1.82, 2.24) is 0 Å². The molecule has 0 aromatic heterocycles. The second-order valence-electron chi connectivity index (χ2n) is 11.9. The van der Waals surface area contributed by atoms with Gasteiger partial charge in [-0.25, -0.2) is 0 Å². The third-order valence-electron chi connectivity index (χ3n) is 9.47. The van der Waals surface area contributed by atoms with E-state index < -0.39 is 39.4 Å². The van der Waals surface area contributed by atoms with E-state index in [0.29, 0.717) is 48.9 Å². The van der Waals surface area contributed by atoms with Crippen molar-refractivity contribution in [3.05, 3.63) is 123 Å². The number of alkyl halides is 7. The molecule has 4 rings (SSSR count). The Kier molecular flexibility index (Phi) is 11.6. The average molecular weight is 748 g/mol. The SMILES string of the molecule is CCC(Cl)(CC)c1cccc(Oc2ccc(C(c3ccc(OC(CC)(CC)c4cccc(Cl)c4C#N)cc3)(C(F)(F)F)C(F)(F)F)cc2)c1C#N. The Morgan fingerprint density at radius 1 is 0.608 bits per heavy atom. The number of nitrogens with zero attached hydrogens (tertiary/aromatic N) is 2. The summed E-state index contributed by atoms with van der Waals surface area (Å²) < 4.78 is 102. The van der Waals surface area contributed by atoms with Gasteiger partial charge in [-0.1, -0.05) is 87.8 Å². The summed E-state index contributed by atoms with van der Waals surface area (Å²) in [7, 11) is 0. The van der Waals surface area contributed by atoms with Crippen LogP contribution in [0.15, 0.2) is 84.9 Å². The van der Waals surface area contributed by atoms with Gasteiger partial charge in [0.15, 0.2) is 0 Å². The van der Waals surface area contributed by atoms with Crippen LogP contribution in [0.3, 0.4) is 0 Å². The summed E-state index contributed by atoms with van der Waals surface area (Å²) >= 11 is 13.0. The molecule has 0 saturated carbocycles. The summed E-state index contributed by atoms with van der Waals surface area (Å²) in [5.74, 6) is -0.0372. The van der Waals surface area contributed by atoms with Crippen molar-refractivity contribution in [3.8, 4) is 29.4 Å². The molecule has 0 fully saturated rings. The zero-order chi connectivity index (χ0) is 37.8. The highest BCUT2D eigenvalue weighted by molar-refractivity contribution is 6.31. The van der Waals surface area contributed by atoms with Crippen LogP contribution in [0, 0.1) is 22.7 Å². The van der Waals surface area contributed by atoms with Crippen LogP contribution in [0.25, 0.3) is 0 Å². The number of ether oxygens (including phenoxy) is 2. The maximum absolute atomic E-state index is 15.0. The predicted molar refractivity (Wildman–Crippen MR) is 184 cm³/mol. The van der Waals surface area contributed by atoms with E-state index in [1.54, 1.807) is 38.1 Å². The van der Waals surface area contributed by atoms with Crippen molar-refractivity contribution < 1.29 is 35.8 Å². The lowest BCUT2D eigenvalue weighted by Crippen LogP contribution is -2.54. The quantitative estimate of drug-likeness (QED) is 0.107. The lowest BCUT2D eigenvalue weighted by molar-refractivity contribution is -0.288. The molecule has 0 spiro atoms. The Balaban J connectivity index is 1.77. The van der Waals surface area contributed by atoms with Gasteiger partial charge in [0.25, 0.3) is 0 Å². The van der Waals surface area contributed by atoms with Crippen molar-refractivity contribution in [2.45, 2.75) is 81.6 Å². The summed E-state index contributed by atoms with van der Waals surface area (Å²) in [6.45, 7) is 7.28. The minimum atomic E-state index is -5.83. The van der Waals surface area contributed by atoms with Crippen LogP contribution in [0.5, 0.6) is 17.2 Å². The zero-order valence-corrected chi connectivity index (χ0v) is 29.7. The second-order valence-corrected chi connectivity index (χ2v) is 13.1. The largest absolute Gasteiger partial charge is 0.483 e. The summed E-state index contributed by atoms with van der Waals surface area (Å²) in [5.41, 5.74) is -6.55. The van der Waals surface area contributed by atoms with Crippen LogP contribution in [0.4, 0.5) is 26.3 Å². The third kappa shape index (κ3) is 7.09. The molecule has 0 heterocycles. The number of rotatable bonds is 12. The topological polar surface area (TPSA) is 66.0 Å². The van der Waals surface area contributed by atoms with Gasteiger partial charge in [0, 0.05) is 5.56 Å². The first kappa shape index (κ1) is 39.4. The molecule has 0 aliphatic rings. The molecule has 0 N–H and O–H groups in total. The molecule has 4 aromatic rings. The van der Waals surface area contributed by atoms with E-state index in [4.69, 9.17) is 32.7 Å². The molecule has 0 saturated heterocycles. The molecule has 4 aromatic carbocycles. The lowest BCUT2D eigenvalue weighted by Gasteiger charge is -2.38. The predicted octanol–water partition coefficient (Wildman–Crippen LogP) is 12.6. The van der Waals surface area contributed by atoms with E-state index in [1.807, 2.05) is 19.9 Å². The number of hydrogen-bond acceptors (Lipinski definition) is 4. The highest BCUT2D eigenvalue weighted by Gasteiger charge is 2.72. The van der Waals surface area contributed by atoms with Crippen molar-refractivity contribution >= 4 is 23.2 Å². The van der Waals surface area contributed by atoms with Crippen molar-refractivity contribution in [1.29, 1.82) is 10.5 Å². The molecule has 0 amide bonds. The van der Waals surface area contributed by atoms with Crippen LogP contribution in [0.2, 0.25) is 5.02 Å². The fraction of sp³-hybridized carbons (Fsp3) is 0.333. The van der Waals surface area contributed by atoms with Gasteiger partial charge in [-0.05, 0) is 78.8 Å². The summed E-state index contributed by atoms with van der Waals surface area (Å²) in [4.78, 5) is -0.878. The molecular formula is C39H34Cl2F6N2O2. The first-order chi connectivity index (χ1) is 24.0. The Hall–Kier alpha value is -4.38. The lowest BCUT2D eigenvalue weighted by atomic mass is 9.73. The van der Waals surface area contributed by atoms with Gasteiger partial charge in [-0.2, -0.15) is 36.9 Å². The van der Waals surface area contributed by atoms with Crippen molar-refractivity contribution in [2.24, 2.45) is 0 Å². The third-order valence-corrected chi connectivity index (χ3v) is 10.5.